The minimum atomic E-state index is -2.40. The van der Waals surface area contributed by atoms with E-state index in [9.17, 15) is 41.9 Å². The fourth-order valence-corrected chi connectivity index (χ4v) is 3.45. The number of ketones is 1. The third kappa shape index (κ3) is 4.72. The van der Waals surface area contributed by atoms with Crippen LogP contribution in [0.3, 0.4) is 0 Å². The average Bonchev–Trinajstić information content (AvgIpc) is 2.86. The molecular formula is C24H17F5N2O5. The molecule has 0 amide bonds. The number of benzene rings is 2. The standard InChI is InChI=1S/C24H17F5N2O5/c1-11-14(9-30)23(33)31(8-7-12-3-5-13(35-2)6-4-12)24(34)16(11)15(32)10-36-22-20(28)18(26)17(25)19(27)21(22)29/h3-6,34H,7-8,10H2,1-2H3. The summed E-state index contributed by atoms with van der Waals surface area (Å²) in [5, 5.41) is 20.1. The summed E-state index contributed by atoms with van der Waals surface area (Å²) in [6.45, 7) is -0.252. The number of nitrogens with zero attached hydrogens (tertiary/aromatic N) is 2. The Labute approximate surface area is 200 Å². The van der Waals surface area contributed by atoms with Gasteiger partial charge in [0.15, 0.2) is 12.4 Å². The molecule has 36 heavy (non-hydrogen) atoms. The number of aromatic hydroxyl groups is 1. The molecule has 0 saturated carbocycles. The Balaban J connectivity index is 1.95. The molecule has 1 N–H and O–H groups in total. The maximum Gasteiger partial charge on any atom is 0.271 e. The van der Waals surface area contributed by atoms with E-state index in [0.29, 0.717) is 5.75 Å². The predicted octanol–water partition coefficient (Wildman–Crippen LogP) is 3.94. The minimum absolute atomic E-state index is 0.162. The number of aromatic nitrogens is 1. The Hall–Kier alpha value is -4.40. The smallest absolute Gasteiger partial charge is 0.271 e. The summed E-state index contributed by atoms with van der Waals surface area (Å²) in [7, 11) is 1.48. The molecule has 3 aromatic rings. The Kier molecular flexibility index (Phi) is 7.62. The molecule has 1 aromatic heterocycles. The van der Waals surface area contributed by atoms with Crippen LogP contribution in [0, 0.1) is 47.3 Å². The third-order valence-corrected chi connectivity index (χ3v) is 5.38. The second-order valence-corrected chi connectivity index (χ2v) is 7.48. The van der Waals surface area contributed by atoms with E-state index < -0.39 is 69.8 Å². The van der Waals surface area contributed by atoms with E-state index in [1.807, 2.05) is 0 Å². The van der Waals surface area contributed by atoms with Crippen LogP contribution in [-0.2, 0) is 13.0 Å². The van der Waals surface area contributed by atoms with Crippen LogP contribution in [0.15, 0.2) is 29.1 Å². The zero-order valence-electron chi connectivity index (χ0n) is 18.8. The van der Waals surface area contributed by atoms with Gasteiger partial charge in [-0.2, -0.15) is 14.0 Å². The number of halogens is 5. The van der Waals surface area contributed by atoms with Crippen molar-refractivity contribution in [2.45, 2.75) is 19.9 Å². The van der Waals surface area contributed by atoms with Gasteiger partial charge in [0, 0.05) is 6.54 Å². The lowest BCUT2D eigenvalue weighted by molar-refractivity contribution is 0.0908. The van der Waals surface area contributed by atoms with E-state index in [2.05, 4.69) is 4.74 Å². The molecule has 0 unspecified atom stereocenters. The van der Waals surface area contributed by atoms with Crippen LogP contribution < -0.4 is 15.0 Å². The Morgan fingerprint density at radius 1 is 1.03 bits per heavy atom. The summed E-state index contributed by atoms with van der Waals surface area (Å²) in [5.41, 5.74) is -1.47. The van der Waals surface area contributed by atoms with Crippen molar-refractivity contribution in [1.82, 2.24) is 4.57 Å². The number of ether oxygens (including phenoxy) is 2. The van der Waals surface area contributed by atoms with Crippen LogP contribution in [-0.4, -0.2) is 29.2 Å². The number of pyridine rings is 1. The van der Waals surface area contributed by atoms with Gasteiger partial charge in [0.05, 0.1) is 12.7 Å². The molecule has 0 radical (unpaired) electrons. The molecule has 12 heteroatoms. The van der Waals surface area contributed by atoms with Crippen LogP contribution in [0.2, 0.25) is 0 Å². The third-order valence-electron chi connectivity index (χ3n) is 5.38. The van der Waals surface area contributed by atoms with Crippen LogP contribution in [0.5, 0.6) is 17.4 Å². The molecule has 1 heterocycles. The first-order valence-electron chi connectivity index (χ1n) is 10.2. The number of methoxy groups -OCH3 is 1. The molecule has 2 aromatic carbocycles. The molecular weight excluding hydrogens is 491 g/mol. The lowest BCUT2D eigenvalue weighted by atomic mass is 10.0. The number of hydrogen-bond acceptors (Lipinski definition) is 6. The van der Waals surface area contributed by atoms with Crippen LogP contribution in [0.4, 0.5) is 22.0 Å². The first-order valence-corrected chi connectivity index (χ1v) is 10.2. The van der Waals surface area contributed by atoms with Gasteiger partial charge in [-0.05, 0) is 36.6 Å². The minimum Gasteiger partial charge on any atom is -0.497 e. The van der Waals surface area contributed by atoms with Gasteiger partial charge in [-0.15, -0.1) is 0 Å². The van der Waals surface area contributed by atoms with E-state index in [1.54, 1.807) is 30.3 Å². The monoisotopic (exact) mass is 508 g/mol. The number of aryl methyl sites for hydroxylation is 1. The fourth-order valence-electron chi connectivity index (χ4n) is 3.45. The number of hydrogen-bond donors (Lipinski definition) is 1. The van der Waals surface area contributed by atoms with Gasteiger partial charge in [-0.3, -0.25) is 14.2 Å². The average molecular weight is 508 g/mol. The highest BCUT2D eigenvalue weighted by Gasteiger charge is 2.29. The quantitative estimate of drug-likeness (QED) is 0.214. The number of Topliss-reactive ketones (excluding diaryl/α,β-unsaturated/α-hetero) is 1. The molecule has 0 fully saturated rings. The highest BCUT2D eigenvalue weighted by Crippen LogP contribution is 2.30. The molecule has 0 atom stereocenters. The first kappa shape index (κ1) is 26.2. The molecule has 0 saturated heterocycles. The normalized spacial score (nSPS) is 10.7. The van der Waals surface area contributed by atoms with Crippen LogP contribution in [0.1, 0.15) is 27.0 Å². The van der Waals surface area contributed by atoms with E-state index in [1.165, 1.54) is 14.0 Å². The van der Waals surface area contributed by atoms with Crippen molar-refractivity contribution >= 4 is 5.78 Å². The van der Waals surface area contributed by atoms with Gasteiger partial charge in [0.25, 0.3) is 5.56 Å². The van der Waals surface area contributed by atoms with Gasteiger partial charge < -0.3 is 14.6 Å². The number of nitriles is 1. The number of carbonyl (C=O) groups excluding carboxylic acids is 1. The van der Waals surface area contributed by atoms with Crippen molar-refractivity contribution in [3.8, 4) is 23.4 Å². The topological polar surface area (TPSA) is 102 Å². The van der Waals surface area contributed by atoms with Crippen molar-refractivity contribution in [1.29, 1.82) is 5.26 Å². The number of rotatable bonds is 8. The van der Waals surface area contributed by atoms with Gasteiger partial charge >= 0.3 is 0 Å². The summed E-state index contributed by atoms with van der Waals surface area (Å²) in [5.74, 6) is -14.7. The van der Waals surface area contributed by atoms with Crippen molar-refractivity contribution < 1.29 is 41.3 Å². The summed E-state index contributed by atoms with van der Waals surface area (Å²) in [4.78, 5) is 25.5. The summed E-state index contributed by atoms with van der Waals surface area (Å²) < 4.78 is 78.1. The lowest BCUT2D eigenvalue weighted by Gasteiger charge is -2.16. The molecule has 0 aliphatic rings. The zero-order valence-corrected chi connectivity index (χ0v) is 18.8. The Morgan fingerprint density at radius 2 is 1.58 bits per heavy atom. The fraction of sp³-hybridized carbons (Fsp3) is 0.208. The molecule has 0 aliphatic heterocycles. The summed E-state index contributed by atoms with van der Waals surface area (Å²) >= 11 is 0. The molecule has 0 bridgehead atoms. The van der Waals surface area contributed by atoms with Gasteiger partial charge in [-0.25, -0.2) is 13.2 Å². The Bertz CT molecular complexity index is 1420. The van der Waals surface area contributed by atoms with Crippen LogP contribution in [0.25, 0.3) is 0 Å². The van der Waals surface area contributed by atoms with Gasteiger partial charge in [0.1, 0.15) is 17.4 Å². The van der Waals surface area contributed by atoms with Crippen molar-refractivity contribution in [2.75, 3.05) is 13.7 Å². The zero-order chi connectivity index (χ0) is 26.7. The predicted molar refractivity (Wildman–Crippen MR) is 115 cm³/mol. The second-order valence-electron chi connectivity index (χ2n) is 7.48. The lowest BCUT2D eigenvalue weighted by Crippen LogP contribution is -2.28. The summed E-state index contributed by atoms with van der Waals surface area (Å²) in [6.07, 6.45) is 0.195. The van der Waals surface area contributed by atoms with Crippen LogP contribution >= 0.6 is 0 Å². The van der Waals surface area contributed by atoms with Gasteiger partial charge in [-0.1, -0.05) is 12.1 Å². The van der Waals surface area contributed by atoms with Crippen molar-refractivity contribution in [3.05, 3.63) is 86.0 Å². The maximum atomic E-state index is 13.9. The maximum absolute atomic E-state index is 13.9. The molecule has 188 valence electrons. The van der Waals surface area contributed by atoms with Crippen molar-refractivity contribution in [2.24, 2.45) is 0 Å². The molecule has 0 spiro atoms. The highest BCUT2D eigenvalue weighted by molar-refractivity contribution is 6.01. The molecule has 3 rings (SSSR count). The van der Waals surface area contributed by atoms with E-state index >= 15 is 0 Å². The highest BCUT2D eigenvalue weighted by atomic mass is 19.2. The Morgan fingerprint density at radius 3 is 2.11 bits per heavy atom. The van der Waals surface area contributed by atoms with E-state index in [4.69, 9.17) is 4.74 Å². The van der Waals surface area contributed by atoms with Crippen molar-refractivity contribution in [3.63, 3.8) is 0 Å². The largest absolute Gasteiger partial charge is 0.497 e. The summed E-state index contributed by atoms with van der Waals surface area (Å²) in [6, 6.07) is 8.37. The number of carbonyl (C=O) groups is 1. The molecule has 7 nitrogen and oxygen atoms in total. The second kappa shape index (κ2) is 10.5. The first-order chi connectivity index (χ1) is 17.0. The van der Waals surface area contributed by atoms with E-state index in [-0.39, 0.29) is 18.5 Å². The van der Waals surface area contributed by atoms with E-state index in [0.717, 1.165) is 10.1 Å². The molecule has 0 aliphatic carbocycles. The van der Waals surface area contributed by atoms with Gasteiger partial charge in [0.2, 0.25) is 40.7 Å². The SMILES string of the molecule is COc1ccc(CCn2c(O)c(C(=O)COc3c(F)c(F)c(F)c(F)c3F)c(C)c(C#N)c2=O)cc1.